The molecule has 2 nitrogen and oxygen atoms in total. The van der Waals surface area contributed by atoms with Gasteiger partial charge >= 0.3 is 0 Å². The van der Waals surface area contributed by atoms with Crippen molar-refractivity contribution in [2.75, 3.05) is 4.90 Å². The second kappa shape index (κ2) is 14.7. The van der Waals surface area contributed by atoms with E-state index >= 15 is 0 Å². The summed E-state index contributed by atoms with van der Waals surface area (Å²) >= 11 is 0. The van der Waals surface area contributed by atoms with Gasteiger partial charge in [-0.25, -0.2) is 0 Å². The monoisotopic (exact) mass is 842 g/mol. The molecular formula is C64H46N2. The predicted molar refractivity (Wildman–Crippen MR) is 276 cm³/mol. The SMILES string of the molecule is CC1(C)c2ccccc2-c2ccc(N(c3ccc(-c4ccccc4)cc3)c3ccc(-n4c5ccccc5c5cc(C6(c7ccccc7)c7ccccc7-c7ccccc76)ccc54)cc3)cc21. The quantitative estimate of drug-likeness (QED) is 0.155. The van der Waals surface area contributed by atoms with Crippen LogP contribution >= 0.6 is 0 Å². The second-order valence-electron chi connectivity index (χ2n) is 18.5. The standard InChI is InChI=1S/C64H46N2/c1-63(2)57-25-13-9-21-51(57)54-39-38-50(42-60(54)63)65(47-32-29-44(30-33-47)43-17-5-3-6-18-43)48-34-36-49(37-35-48)66-61-28-16-12-24-55(61)56-41-46(31-40-62(56)66)64(45-19-7-4-8-20-45)58-26-14-10-22-52(58)53-23-11-15-27-59(53)64/h3-42H,1-2H3. The van der Waals surface area contributed by atoms with Gasteiger partial charge in [0.1, 0.15) is 0 Å². The van der Waals surface area contributed by atoms with E-state index < -0.39 is 5.41 Å². The van der Waals surface area contributed by atoms with Crippen molar-refractivity contribution >= 4 is 38.9 Å². The Balaban J connectivity index is 0.956. The van der Waals surface area contributed by atoms with Crippen molar-refractivity contribution in [1.82, 2.24) is 4.57 Å². The molecule has 0 aliphatic heterocycles. The van der Waals surface area contributed by atoms with Gasteiger partial charge in [-0.1, -0.05) is 190 Å². The third-order valence-electron chi connectivity index (χ3n) is 14.7. The maximum Gasteiger partial charge on any atom is 0.0713 e. The number of fused-ring (bicyclic) bond motifs is 9. The minimum absolute atomic E-state index is 0.115. The molecule has 66 heavy (non-hydrogen) atoms. The lowest BCUT2D eigenvalue weighted by atomic mass is 9.67. The van der Waals surface area contributed by atoms with Gasteiger partial charge in [0.25, 0.3) is 0 Å². The fourth-order valence-electron chi connectivity index (χ4n) is 11.7. The highest BCUT2D eigenvalue weighted by Crippen LogP contribution is 2.57. The van der Waals surface area contributed by atoms with Gasteiger partial charge in [0, 0.05) is 38.9 Å². The van der Waals surface area contributed by atoms with Gasteiger partial charge in [0.05, 0.1) is 16.4 Å². The van der Waals surface area contributed by atoms with Crippen molar-refractivity contribution in [3.8, 4) is 39.1 Å². The highest BCUT2D eigenvalue weighted by Gasteiger charge is 2.46. The lowest BCUT2D eigenvalue weighted by Gasteiger charge is -2.34. The van der Waals surface area contributed by atoms with Crippen molar-refractivity contribution in [2.45, 2.75) is 24.7 Å². The number of anilines is 3. The van der Waals surface area contributed by atoms with Crippen molar-refractivity contribution < 1.29 is 0 Å². The number of nitrogens with zero attached hydrogens (tertiary/aromatic N) is 2. The smallest absolute Gasteiger partial charge is 0.0713 e. The molecule has 0 spiro atoms. The summed E-state index contributed by atoms with van der Waals surface area (Å²) in [5, 5.41) is 2.48. The zero-order valence-corrected chi connectivity index (χ0v) is 37.0. The third-order valence-corrected chi connectivity index (χ3v) is 14.7. The van der Waals surface area contributed by atoms with Crippen LogP contribution in [0.5, 0.6) is 0 Å². The summed E-state index contributed by atoms with van der Waals surface area (Å²) in [5.41, 5.74) is 21.9. The highest BCUT2D eigenvalue weighted by molar-refractivity contribution is 6.10. The van der Waals surface area contributed by atoms with Crippen LogP contribution in [0.4, 0.5) is 17.1 Å². The molecule has 0 radical (unpaired) electrons. The average Bonchev–Trinajstić information content (AvgIpc) is 3.96. The third kappa shape index (κ3) is 5.55. The van der Waals surface area contributed by atoms with Gasteiger partial charge in [-0.15, -0.1) is 0 Å². The molecule has 2 aliphatic rings. The molecule has 0 fully saturated rings. The van der Waals surface area contributed by atoms with E-state index in [0.717, 1.165) is 22.7 Å². The molecule has 11 aromatic rings. The van der Waals surface area contributed by atoms with E-state index in [0.29, 0.717) is 0 Å². The van der Waals surface area contributed by atoms with Crippen molar-refractivity contribution in [2.24, 2.45) is 0 Å². The van der Waals surface area contributed by atoms with Gasteiger partial charge in [-0.05, 0) is 133 Å². The van der Waals surface area contributed by atoms with E-state index in [-0.39, 0.29) is 5.41 Å². The normalized spacial score (nSPS) is 13.8. The molecule has 0 atom stereocenters. The maximum atomic E-state index is 2.48. The molecule has 312 valence electrons. The largest absolute Gasteiger partial charge is 0.310 e. The van der Waals surface area contributed by atoms with Crippen LogP contribution in [0.25, 0.3) is 60.9 Å². The zero-order chi connectivity index (χ0) is 44.0. The number of para-hydroxylation sites is 1. The first-order valence-electron chi connectivity index (χ1n) is 23.1. The second-order valence-corrected chi connectivity index (χ2v) is 18.5. The average molecular weight is 843 g/mol. The Bertz CT molecular complexity index is 3610. The molecule has 2 aliphatic carbocycles. The van der Waals surface area contributed by atoms with Gasteiger partial charge in [0.15, 0.2) is 0 Å². The first-order valence-corrected chi connectivity index (χ1v) is 23.1. The van der Waals surface area contributed by atoms with E-state index in [4.69, 9.17) is 0 Å². The van der Waals surface area contributed by atoms with Gasteiger partial charge in [-0.3, -0.25) is 0 Å². The van der Waals surface area contributed by atoms with Gasteiger partial charge in [-0.2, -0.15) is 0 Å². The first kappa shape index (κ1) is 38.3. The lowest BCUT2D eigenvalue weighted by Crippen LogP contribution is -2.28. The maximum absolute atomic E-state index is 2.48. The van der Waals surface area contributed by atoms with Crippen LogP contribution in [0, 0.1) is 0 Å². The van der Waals surface area contributed by atoms with Crippen LogP contribution in [-0.2, 0) is 10.8 Å². The van der Waals surface area contributed by atoms with Crippen LogP contribution in [0.1, 0.15) is 47.2 Å². The van der Waals surface area contributed by atoms with Crippen molar-refractivity contribution in [1.29, 1.82) is 0 Å². The van der Waals surface area contributed by atoms with Crippen molar-refractivity contribution in [3.63, 3.8) is 0 Å². The fraction of sp³-hybridized carbons (Fsp3) is 0.0625. The topological polar surface area (TPSA) is 8.17 Å². The van der Waals surface area contributed by atoms with E-state index in [1.807, 2.05) is 0 Å². The molecule has 0 bridgehead atoms. The molecule has 2 heteroatoms. The summed E-state index contributed by atoms with van der Waals surface area (Å²) in [5.74, 6) is 0. The minimum Gasteiger partial charge on any atom is -0.310 e. The number of benzene rings is 10. The van der Waals surface area contributed by atoms with Crippen LogP contribution < -0.4 is 4.90 Å². The molecule has 0 N–H and O–H groups in total. The molecule has 0 saturated heterocycles. The van der Waals surface area contributed by atoms with E-state index in [1.165, 1.54) is 88.6 Å². The zero-order valence-electron chi connectivity index (χ0n) is 37.0. The summed E-state index contributed by atoms with van der Waals surface area (Å²) in [6.45, 7) is 4.72. The molecule has 1 heterocycles. The molecule has 1 aromatic heterocycles. The first-order chi connectivity index (χ1) is 32.5. The summed E-state index contributed by atoms with van der Waals surface area (Å²) in [7, 11) is 0. The Morgan fingerprint density at radius 1 is 0.333 bits per heavy atom. The van der Waals surface area contributed by atoms with Crippen LogP contribution in [0.3, 0.4) is 0 Å². The molecule has 0 amide bonds. The number of hydrogen-bond acceptors (Lipinski definition) is 1. The summed E-state index contributed by atoms with van der Waals surface area (Å²) < 4.78 is 2.44. The molecule has 13 rings (SSSR count). The Morgan fingerprint density at radius 3 is 1.52 bits per heavy atom. The summed E-state index contributed by atoms with van der Waals surface area (Å²) in [6.07, 6.45) is 0. The fourth-order valence-corrected chi connectivity index (χ4v) is 11.7. The van der Waals surface area contributed by atoms with E-state index in [9.17, 15) is 0 Å². The van der Waals surface area contributed by atoms with Gasteiger partial charge < -0.3 is 9.47 Å². The van der Waals surface area contributed by atoms with Crippen LogP contribution in [0.15, 0.2) is 243 Å². The number of aromatic nitrogens is 1. The van der Waals surface area contributed by atoms with Gasteiger partial charge in [0.2, 0.25) is 0 Å². The predicted octanol–water partition coefficient (Wildman–Crippen LogP) is 16.6. The Labute approximate surface area is 386 Å². The summed E-state index contributed by atoms with van der Waals surface area (Å²) in [6, 6.07) is 89.9. The molecule has 0 saturated carbocycles. The minimum atomic E-state index is -0.466. The Kier molecular flexibility index (Phi) is 8.51. The molecule has 0 unspecified atom stereocenters. The number of hydrogen-bond donors (Lipinski definition) is 0. The highest BCUT2D eigenvalue weighted by atomic mass is 15.1. The van der Waals surface area contributed by atoms with E-state index in [1.54, 1.807) is 0 Å². The Hall–Kier alpha value is -8.20. The Morgan fingerprint density at radius 2 is 0.833 bits per heavy atom. The molecular weight excluding hydrogens is 797 g/mol. The lowest BCUT2D eigenvalue weighted by molar-refractivity contribution is 0.660. The van der Waals surface area contributed by atoms with Crippen LogP contribution in [0.2, 0.25) is 0 Å². The molecule has 10 aromatic carbocycles. The van der Waals surface area contributed by atoms with Crippen molar-refractivity contribution in [3.05, 3.63) is 276 Å². The van der Waals surface area contributed by atoms with E-state index in [2.05, 4.69) is 266 Å². The number of rotatable bonds is 7. The van der Waals surface area contributed by atoms with Crippen LogP contribution in [-0.4, -0.2) is 4.57 Å². The summed E-state index contributed by atoms with van der Waals surface area (Å²) in [4.78, 5) is 2.41.